The van der Waals surface area contributed by atoms with E-state index >= 15 is 0 Å². The fraction of sp³-hybridized carbons (Fsp3) is 0.226. The number of anilines is 1. The van der Waals surface area contributed by atoms with Gasteiger partial charge >= 0.3 is 0 Å². The summed E-state index contributed by atoms with van der Waals surface area (Å²) in [6, 6.07) is 25.3. The summed E-state index contributed by atoms with van der Waals surface area (Å²) in [5.74, 6) is 2.54. The van der Waals surface area contributed by atoms with Gasteiger partial charge in [-0.15, -0.1) is 0 Å². The number of likely N-dealkylation sites (tertiary alicyclic amines) is 1. The van der Waals surface area contributed by atoms with Gasteiger partial charge in [-0.3, -0.25) is 4.79 Å². The average Bonchev–Trinajstić information content (AvgIpc) is 3.38. The zero-order chi connectivity index (χ0) is 27.5. The maximum Gasteiger partial charge on any atom is 0.219 e. The van der Waals surface area contributed by atoms with Crippen LogP contribution in [0.15, 0.2) is 85.2 Å². The van der Waals surface area contributed by atoms with Gasteiger partial charge < -0.3 is 20.1 Å². The zero-order valence-electron chi connectivity index (χ0n) is 22.2. The number of hydrogen-bond donors (Lipinski definition) is 1. The van der Waals surface area contributed by atoms with Gasteiger partial charge in [0, 0.05) is 31.6 Å². The van der Waals surface area contributed by atoms with Crippen molar-refractivity contribution in [2.45, 2.75) is 32.4 Å². The van der Waals surface area contributed by atoms with Crippen LogP contribution in [0.1, 0.15) is 31.4 Å². The molecule has 0 aliphatic carbocycles. The molecule has 0 spiro atoms. The second kappa shape index (κ2) is 11.1. The van der Waals surface area contributed by atoms with Gasteiger partial charge in [-0.1, -0.05) is 36.4 Å². The Kier molecular flexibility index (Phi) is 7.01. The van der Waals surface area contributed by atoms with Gasteiger partial charge in [0.1, 0.15) is 41.7 Å². The Labute approximate surface area is 232 Å². The molecule has 9 heteroatoms. The second-order valence-electron chi connectivity index (χ2n) is 9.89. The number of aromatic nitrogens is 4. The van der Waals surface area contributed by atoms with Gasteiger partial charge in [0.15, 0.2) is 5.65 Å². The fourth-order valence-electron chi connectivity index (χ4n) is 5.08. The standard InChI is InChI=1S/C31H30N6O3/c1-21(38)36-16-6-9-24(18-36)37-31-28(30(32)33-20-34-31)29(35-37)23-12-14-25(15-13-23)40-27-11-5-10-26(17-27)39-19-22-7-3-2-4-8-22/h2-5,7-8,10-15,17,20,24H,6,9,16,18-19H2,1H3,(H2,32,33,34). The molecule has 1 saturated heterocycles. The number of carbonyl (C=O) groups is 1. The largest absolute Gasteiger partial charge is 0.489 e. The molecule has 1 fully saturated rings. The molecular weight excluding hydrogens is 504 g/mol. The summed E-state index contributed by atoms with van der Waals surface area (Å²) in [5.41, 5.74) is 9.67. The number of nitrogen functional groups attached to an aromatic ring is 1. The molecule has 0 radical (unpaired) electrons. The molecule has 2 N–H and O–H groups in total. The molecule has 0 saturated carbocycles. The quantitative estimate of drug-likeness (QED) is 0.288. The molecule has 1 atom stereocenters. The first-order chi connectivity index (χ1) is 19.5. The lowest BCUT2D eigenvalue weighted by molar-refractivity contribution is -0.130. The maximum atomic E-state index is 12.0. The first-order valence-electron chi connectivity index (χ1n) is 13.3. The third-order valence-corrected chi connectivity index (χ3v) is 7.12. The van der Waals surface area contributed by atoms with Gasteiger partial charge in [-0.05, 0) is 54.8 Å². The molecule has 202 valence electrons. The summed E-state index contributed by atoms with van der Waals surface area (Å²) in [5, 5.41) is 5.66. The molecule has 1 aliphatic rings. The average molecular weight is 535 g/mol. The summed E-state index contributed by atoms with van der Waals surface area (Å²) in [4.78, 5) is 22.6. The minimum absolute atomic E-state index is 0.0159. The molecular formula is C31H30N6O3. The molecule has 9 nitrogen and oxygen atoms in total. The summed E-state index contributed by atoms with van der Waals surface area (Å²) in [6.07, 6.45) is 3.27. The Bertz CT molecular complexity index is 1630. The highest BCUT2D eigenvalue weighted by molar-refractivity contribution is 5.98. The second-order valence-corrected chi connectivity index (χ2v) is 9.89. The molecule has 6 rings (SSSR count). The van der Waals surface area contributed by atoms with Crippen molar-refractivity contribution in [3.63, 3.8) is 0 Å². The minimum Gasteiger partial charge on any atom is -0.489 e. The van der Waals surface area contributed by atoms with Crippen molar-refractivity contribution in [2.24, 2.45) is 0 Å². The molecule has 3 heterocycles. The number of amides is 1. The van der Waals surface area contributed by atoms with Crippen LogP contribution in [-0.4, -0.2) is 43.6 Å². The van der Waals surface area contributed by atoms with Crippen molar-refractivity contribution < 1.29 is 14.3 Å². The number of ether oxygens (including phenoxy) is 2. The van der Waals surface area contributed by atoms with Crippen LogP contribution in [0.2, 0.25) is 0 Å². The normalized spacial score (nSPS) is 15.2. The Morgan fingerprint density at radius 3 is 2.58 bits per heavy atom. The third-order valence-electron chi connectivity index (χ3n) is 7.12. The number of fused-ring (bicyclic) bond motifs is 1. The first kappa shape index (κ1) is 25.4. The van der Waals surface area contributed by atoms with Gasteiger partial charge in [0.25, 0.3) is 0 Å². The van der Waals surface area contributed by atoms with Gasteiger partial charge in [0.2, 0.25) is 5.91 Å². The maximum absolute atomic E-state index is 12.0. The Balaban J connectivity index is 1.22. The molecule has 1 unspecified atom stereocenters. The zero-order valence-corrected chi connectivity index (χ0v) is 22.2. The van der Waals surface area contributed by atoms with E-state index in [0.29, 0.717) is 47.2 Å². The van der Waals surface area contributed by atoms with Gasteiger partial charge in [0.05, 0.1) is 11.4 Å². The van der Waals surface area contributed by atoms with E-state index in [1.165, 1.54) is 6.33 Å². The van der Waals surface area contributed by atoms with Crippen LogP contribution in [0.3, 0.4) is 0 Å². The lowest BCUT2D eigenvalue weighted by Crippen LogP contribution is -2.39. The minimum atomic E-state index is 0.0159. The molecule has 1 aliphatic heterocycles. The van der Waals surface area contributed by atoms with Crippen LogP contribution >= 0.6 is 0 Å². The van der Waals surface area contributed by atoms with E-state index in [2.05, 4.69) is 9.97 Å². The number of hydrogen-bond acceptors (Lipinski definition) is 7. The lowest BCUT2D eigenvalue weighted by atomic mass is 10.1. The number of benzene rings is 3. The van der Waals surface area contributed by atoms with E-state index in [4.69, 9.17) is 20.3 Å². The van der Waals surface area contributed by atoms with Crippen molar-refractivity contribution in [3.8, 4) is 28.5 Å². The van der Waals surface area contributed by atoms with Gasteiger partial charge in [-0.2, -0.15) is 5.10 Å². The van der Waals surface area contributed by atoms with E-state index in [-0.39, 0.29) is 11.9 Å². The van der Waals surface area contributed by atoms with Gasteiger partial charge in [-0.25, -0.2) is 14.6 Å². The van der Waals surface area contributed by atoms with Crippen LogP contribution in [0.5, 0.6) is 17.2 Å². The van der Waals surface area contributed by atoms with Crippen molar-refractivity contribution in [1.29, 1.82) is 0 Å². The van der Waals surface area contributed by atoms with Crippen molar-refractivity contribution in [1.82, 2.24) is 24.6 Å². The Morgan fingerprint density at radius 1 is 0.975 bits per heavy atom. The molecule has 2 aromatic heterocycles. The predicted molar refractivity (Wildman–Crippen MR) is 153 cm³/mol. The predicted octanol–water partition coefficient (Wildman–Crippen LogP) is 5.63. The van der Waals surface area contributed by atoms with E-state index in [0.717, 1.165) is 36.3 Å². The van der Waals surface area contributed by atoms with Crippen molar-refractivity contribution in [3.05, 3.63) is 90.8 Å². The SMILES string of the molecule is CC(=O)N1CCCC(n2nc(-c3ccc(Oc4cccc(OCc5ccccc5)c4)cc3)c3c(N)ncnc32)C1. The number of nitrogens with zero attached hydrogens (tertiary/aromatic N) is 5. The summed E-state index contributed by atoms with van der Waals surface area (Å²) in [6.45, 7) is 3.45. The Hall–Kier alpha value is -4.92. The van der Waals surface area contributed by atoms with Crippen LogP contribution in [0, 0.1) is 0 Å². The van der Waals surface area contributed by atoms with Crippen LogP contribution < -0.4 is 15.2 Å². The number of nitrogens with two attached hydrogens (primary N) is 1. The van der Waals surface area contributed by atoms with E-state index < -0.39 is 0 Å². The lowest BCUT2D eigenvalue weighted by Gasteiger charge is -2.32. The highest BCUT2D eigenvalue weighted by Gasteiger charge is 2.27. The van der Waals surface area contributed by atoms with Crippen LogP contribution in [0.4, 0.5) is 5.82 Å². The van der Waals surface area contributed by atoms with E-state index in [1.807, 2.05) is 88.4 Å². The molecule has 40 heavy (non-hydrogen) atoms. The number of carbonyl (C=O) groups excluding carboxylic acids is 1. The van der Waals surface area contributed by atoms with Crippen molar-refractivity contribution in [2.75, 3.05) is 18.8 Å². The van der Waals surface area contributed by atoms with Crippen LogP contribution in [-0.2, 0) is 11.4 Å². The fourth-order valence-corrected chi connectivity index (χ4v) is 5.08. The van der Waals surface area contributed by atoms with E-state index in [1.54, 1.807) is 6.92 Å². The highest BCUT2D eigenvalue weighted by atomic mass is 16.5. The molecule has 5 aromatic rings. The van der Waals surface area contributed by atoms with Crippen molar-refractivity contribution >= 4 is 22.8 Å². The summed E-state index contributed by atoms with van der Waals surface area (Å²) >= 11 is 0. The Morgan fingerprint density at radius 2 is 1.77 bits per heavy atom. The number of piperidine rings is 1. The molecule has 1 amide bonds. The third kappa shape index (κ3) is 5.31. The topological polar surface area (TPSA) is 108 Å². The monoisotopic (exact) mass is 534 g/mol. The highest BCUT2D eigenvalue weighted by Crippen LogP contribution is 2.35. The summed E-state index contributed by atoms with van der Waals surface area (Å²) in [7, 11) is 0. The molecule has 0 bridgehead atoms. The first-order valence-corrected chi connectivity index (χ1v) is 13.3. The number of rotatable bonds is 7. The van der Waals surface area contributed by atoms with E-state index in [9.17, 15) is 4.79 Å². The van der Waals surface area contributed by atoms with Crippen LogP contribution in [0.25, 0.3) is 22.3 Å². The molecule has 3 aromatic carbocycles. The summed E-state index contributed by atoms with van der Waals surface area (Å²) < 4.78 is 14.0. The smallest absolute Gasteiger partial charge is 0.219 e.